The van der Waals surface area contributed by atoms with Crippen molar-refractivity contribution in [1.29, 1.82) is 0 Å². The van der Waals surface area contributed by atoms with Gasteiger partial charge in [-0.15, -0.1) is 0 Å². The highest BCUT2D eigenvalue weighted by molar-refractivity contribution is 5.46. The number of nitrogens with one attached hydrogen (secondary N) is 1. The topological polar surface area (TPSA) is 12.0 Å². The number of fused-ring (bicyclic) bond motifs is 1. The van der Waals surface area contributed by atoms with Crippen LogP contribution in [0.2, 0.25) is 0 Å². The molecule has 0 radical (unpaired) electrons. The average molecular weight is 237 g/mol. The van der Waals surface area contributed by atoms with Gasteiger partial charge in [-0.25, -0.2) is 0 Å². The third-order valence-electron chi connectivity index (χ3n) is 3.95. The Morgan fingerprint density at radius 1 is 0.944 bits per heavy atom. The minimum atomic E-state index is 0.358. The Labute approximate surface area is 109 Å². The molecule has 0 aromatic heterocycles. The zero-order chi connectivity index (χ0) is 12.5. The monoisotopic (exact) mass is 237 g/mol. The summed E-state index contributed by atoms with van der Waals surface area (Å²) >= 11 is 0. The van der Waals surface area contributed by atoms with E-state index >= 15 is 0 Å². The fourth-order valence-electron chi connectivity index (χ4n) is 3.00. The summed E-state index contributed by atoms with van der Waals surface area (Å²) in [7, 11) is 0. The number of hydrogen-bond donors (Lipinski definition) is 1. The summed E-state index contributed by atoms with van der Waals surface area (Å²) in [6.07, 6.45) is 1.14. The highest BCUT2D eigenvalue weighted by Gasteiger charge is 2.23. The van der Waals surface area contributed by atoms with Crippen LogP contribution in [-0.2, 0) is 6.42 Å². The van der Waals surface area contributed by atoms with E-state index in [0.29, 0.717) is 6.04 Å². The van der Waals surface area contributed by atoms with Crippen molar-refractivity contribution in [3.63, 3.8) is 0 Å². The van der Waals surface area contributed by atoms with Gasteiger partial charge in [0, 0.05) is 6.54 Å². The third kappa shape index (κ3) is 1.85. The normalized spacial score (nSPS) is 18.4. The molecule has 1 N–H and O–H groups in total. The van der Waals surface area contributed by atoms with E-state index in [-0.39, 0.29) is 0 Å². The Bertz CT molecular complexity index is 572. The van der Waals surface area contributed by atoms with Crippen LogP contribution in [0.15, 0.2) is 42.5 Å². The molecule has 1 heteroatoms. The molecule has 2 aromatic carbocycles. The van der Waals surface area contributed by atoms with Gasteiger partial charge in [-0.3, -0.25) is 0 Å². The van der Waals surface area contributed by atoms with Gasteiger partial charge in [0.1, 0.15) is 0 Å². The number of rotatable bonds is 1. The third-order valence-corrected chi connectivity index (χ3v) is 3.95. The summed E-state index contributed by atoms with van der Waals surface area (Å²) in [5, 5.41) is 3.67. The zero-order valence-electron chi connectivity index (χ0n) is 11.0. The summed E-state index contributed by atoms with van der Waals surface area (Å²) in [5.74, 6) is 0. The van der Waals surface area contributed by atoms with Crippen LogP contribution >= 0.6 is 0 Å². The van der Waals surface area contributed by atoms with Crippen molar-refractivity contribution in [2.45, 2.75) is 26.3 Å². The van der Waals surface area contributed by atoms with Gasteiger partial charge < -0.3 is 5.32 Å². The lowest BCUT2D eigenvalue weighted by Crippen LogP contribution is -2.31. The highest BCUT2D eigenvalue weighted by atomic mass is 14.9. The van der Waals surface area contributed by atoms with Gasteiger partial charge in [0.05, 0.1) is 6.04 Å². The van der Waals surface area contributed by atoms with Gasteiger partial charge in [-0.2, -0.15) is 0 Å². The van der Waals surface area contributed by atoms with E-state index in [0.717, 1.165) is 13.0 Å². The molecular formula is C17H19N. The lowest BCUT2D eigenvalue weighted by molar-refractivity contribution is 0.563. The predicted molar refractivity (Wildman–Crippen MR) is 75.9 cm³/mol. The van der Waals surface area contributed by atoms with Gasteiger partial charge in [0.15, 0.2) is 0 Å². The van der Waals surface area contributed by atoms with Gasteiger partial charge in [-0.05, 0) is 48.1 Å². The van der Waals surface area contributed by atoms with Crippen molar-refractivity contribution in [2.75, 3.05) is 6.54 Å². The number of benzene rings is 2. The first-order valence-corrected chi connectivity index (χ1v) is 6.64. The molecule has 1 nitrogen and oxygen atoms in total. The van der Waals surface area contributed by atoms with Crippen LogP contribution < -0.4 is 5.32 Å². The molecule has 0 unspecified atom stereocenters. The van der Waals surface area contributed by atoms with Crippen LogP contribution in [0.25, 0.3) is 0 Å². The largest absolute Gasteiger partial charge is 0.306 e. The molecule has 0 bridgehead atoms. The van der Waals surface area contributed by atoms with Crippen molar-refractivity contribution in [1.82, 2.24) is 5.32 Å². The minimum Gasteiger partial charge on any atom is -0.306 e. The lowest BCUT2D eigenvalue weighted by Gasteiger charge is -2.30. The molecule has 0 aliphatic carbocycles. The Kier molecular flexibility index (Phi) is 2.92. The molecule has 0 fully saturated rings. The zero-order valence-corrected chi connectivity index (χ0v) is 11.0. The minimum absolute atomic E-state index is 0.358. The molecule has 1 heterocycles. The Morgan fingerprint density at radius 2 is 1.72 bits per heavy atom. The second kappa shape index (κ2) is 4.58. The van der Waals surface area contributed by atoms with E-state index < -0.39 is 0 Å². The molecule has 92 valence electrons. The standard InChI is InChI=1S/C17H19N/c1-12-6-3-4-9-15(12)17-16-13(2)7-5-8-14(16)10-11-18-17/h3-9,17-18H,10-11H2,1-2H3/t17-/m1/s1. The van der Waals surface area contributed by atoms with Gasteiger partial charge in [-0.1, -0.05) is 42.5 Å². The molecule has 3 rings (SSSR count). The van der Waals surface area contributed by atoms with Gasteiger partial charge in [0.2, 0.25) is 0 Å². The summed E-state index contributed by atoms with van der Waals surface area (Å²) in [4.78, 5) is 0. The SMILES string of the molecule is Cc1ccccc1[C@H]1NCCc2cccc(C)c21. The van der Waals surface area contributed by atoms with Crippen molar-refractivity contribution in [2.24, 2.45) is 0 Å². The molecule has 0 saturated heterocycles. The fourth-order valence-corrected chi connectivity index (χ4v) is 3.00. The van der Waals surface area contributed by atoms with Crippen LogP contribution in [0.3, 0.4) is 0 Å². The second-order valence-electron chi connectivity index (χ2n) is 5.14. The molecule has 0 spiro atoms. The second-order valence-corrected chi connectivity index (χ2v) is 5.14. The van der Waals surface area contributed by atoms with Crippen LogP contribution in [0, 0.1) is 13.8 Å². The molecule has 1 aliphatic heterocycles. The molecule has 0 saturated carbocycles. The molecule has 1 atom stereocenters. The first-order valence-electron chi connectivity index (χ1n) is 6.64. The molecule has 1 aliphatic rings. The van der Waals surface area contributed by atoms with Crippen LogP contribution in [0.1, 0.15) is 33.9 Å². The number of aryl methyl sites for hydroxylation is 2. The molecule has 0 amide bonds. The molecule has 18 heavy (non-hydrogen) atoms. The first kappa shape index (κ1) is 11.5. The summed E-state index contributed by atoms with van der Waals surface area (Å²) in [6.45, 7) is 5.48. The average Bonchev–Trinajstić information content (AvgIpc) is 2.39. The van der Waals surface area contributed by atoms with Crippen molar-refractivity contribution < 1.29 is 0 Å². The Morgan fingerprint density at radius 3 is 2.56 bits per heavy atom. The fraction of sp³-hybridized carbons (Fsp3) is 0.294. The van der Waals surface area contributed by atoms with Crippen molar-refractivity contribution in [3.8, 4) is 0 Å². The maximum absolute atomic E-state index is 3.67. The Hall–Kier alpha value is -1.60. The summed E-state index contributed by atoms with van der Waals surface area (Å²) in [5.41, 5.74) is 7.16. The number of hydrogen-bond acceptors (Lipinski definition) is 1. The molecular weight excluding hydrogens is 218 g/mol. The smallest absolute Gasteiger partial charge is 0.0584 e. The maximum atomic E-state index is 3.67. The van der Waals surface area contributed by atoms with Crippen molar-refractivity contribution in [3.05, 3.63) is 70.3 Å². The molecule has 2 aromatic rings. The summed E-state index contributed by atoms with van der Waals surface area (Å²) < 4.78 is 0. The quantitative estimate of drug-likeness (QED) is 0.800. The van der Waals surface area contributed by atoms with E-state index in [1.807, 2.05) is 0 Å². The van der Waals surface area contributed by atoms with E-state index in [9.17, 15) is 0 Å². The van der Waals surface area contributed by atoms with Crippen LogP contribution in [-0.4, -0.2) is 6.54 Å². The lowest BCUT2D eigenvalue weighted by atomic mass is 9.85. The predicted octanol–water partition coefficient (Wildman–Crippen LogP) is 3.54. The van der Waals surface area contributed by atoms with Gasteiger partial charge >= 0.3 is 0 Å². The van der Waals surface area contributed by atoms with Crippen LogP contribution in [0.4, 0.5) is 0 Å². The van der Waals surface area contributed by atoms with Crippen molar-refractivity contribution >= 4 is 0 Å². The van der Waals surface area contributed by atoms with E-state index in [4.69, 9.17) is 0 Å². The van der Waals surface area contributed by atoms with Crippen LogP contribution in [0.5, 0.6) is 0 Å². The maximum Gasteiger partial charge on any atom is 0.0584 e. The highest BCUT2D eigenvalue weighted by Crippen LogP contribution is 2.32. The first-order chi connectivity index (χ1) is 8.77. The van der Waals surface area contributed by atoms with E-state index in [2.05, 4.69) is 61.6 Å². The van der Waals surface area contributed by atoms with E-state index in [1.54, 1.807) is 0 Å². The summed E-state index contributed by atoms with van der Waals surface area (Å²) in [6, 6.07) is 15.7. The van der Waals surface area contributed by atoms with E-state index in [1.165, 1.54) is 27.8 Å². The Balaban J connectivity index is 2.15. The van der Waals surface area contributed by atoms with Gasteiger partial charge in [0.25, 0.3) is 0 Å².